The second-order valence-electron chi connectivity index (χ2n) is 4.36. The summed E-state index contributed by atoms with van der Waals surface area (Å²) in [6.07, 6.45) is 1.97. The van der Waals surface area contributed by atoms with Gasteiger partial charge in [0.25, 0.3) is 0 Å². The second-order valence-corrected chi connectivity index (χ2v) is 4.36. The van der Waals surface area contributed by atoms with Crippen molar-refractivity contribution in [1.29, 1.82) is 0 Å². The van der Waals surface area contributed by atoms with Crippen LogP contribution in [-0.2, 0) is 6.42 Å². The lowest BCUT2D eigenvalue weighted by Crippen LogP contribution is -2.21. The van der Waals surface area contributed by atoms with Gasteiger partial charge in [0.15, 0.2) is 0 Å². The van der Waals surface area contributed by atoms with Crippen LogP contribution in [0.2, 0.25) is 0 Å². The SMILES string of the molecule is CCOc1c(C)cc(CC(N)CC)cc1C.Cl. The van der Waals surface area contributed by atoms with Gasteiger partial charge in [0, 0.05) is 6.04 Å². The fraction of sp³-hybridized carbons (Fsp3) is 0.571. The van der Waals surface area contributed by atoms with Gasteiger partial charge in [-0.25, -0.2) is 0 Å². The van der Waals surface area contributed by atoms with Crippen molar-refractivity contribution >= 4 is 12.4 Å². The predicted molar refractivity (Wildman–Crippen MR) is 76.3 cm³/mol. The Balaban J connectivity index is 0.00000256. The Morgan fingerprint density at radius 1 is 1.18 bits per heavy atom. The van der Waals surface area contributed by atoms with E-state index in [1.165, 1.54) is 16.7 Å². The molecule has 0 amide bonds. The van der Waals surface area contributed by atoms with E-state index in [1.807, 2.05) is 6.92 Å². The number of nitrogens with two attached hydrogens (primary N) is 1. The lowest BCUT2D eigenvalue weighted by molar-refractivity contribution is 0.335. The van der Waals surface area contributed by atoms with Crippen molar-refractivity contribution in [2.75, 3.05) is 6.61 Å². The summed E-state index contributed by atoms with van der Waals surface area (Å²) in [5.41, 5.74) is 9.70. The molecule has 0 bridgehead atoms. The van der Waals surface area contributed by atoms with Crippen LogP contribution in [0.1, 0.15) is 37.0 Å². The topological polar surface area (TPSA) is 35.2 Å². The molecule has 0 saturated carbocycles. The highest BCUT2D eigenvalue weighted by atomic mass is 35.5. The smallest absolute Gasteiger partial charge is 0.125 e. The zero-order valence-electron chi connectivity index (χ0n) is 11.2. The van der Waals surface area contributed by atoms with Crippen LogP contribution in [0.15, 0.2) is 12.1 Å². The Labute approximate surface area is 111 Å². The first-order chi connectivity index (χ1) is 7.58. The predicted octanol–water partition coefficient (Wildman–Crippen LogP) is 3.40. The molecule has 1 rings (SSSR count). The van der Waals surface area contributed by atoms with Gasteiger partial charge >= 0.3 is 0 Å². The van der Waals surface area contributed by atoms with Gasteiger partial charge in [-0.2, -0.15) is 0 Å². The van der Waals surface area contributed by atoms with Gasteiger partial charge in [0.2, 0.25) is 0 Å². The van der Waals surface area contributed by atoms with Crippen molar-refractivity contribution in [3.05, 3.63) is 28.8 Å². The molecule has 0 aliphatic heterocycles. The van der Waals surface area contributed by atoms with Crippen molar-refractivity contribution in [3.63, 3.8) is 0 Å². The number of ether oxygens (including phenoxy) is 1. The molecule has 0 radical (unpaired) electrons. The largest absolute Gasteiger partial charge is 0.493 e. The summed E-state index contributed by atoms with van der Waals surface area (Å²) in [6.45, 7) is 9.05. The summed E-state index contributed by atoms with van der Waals surface area (Å²) < 4.78 is 5.62. The molecule has 2 N–H and O–H groups in total. The quantitative estimate of drug-likeness (QED) is 0.878. The van der Waals surface area contributed by atoms with Crippen LogP contribution >= 0.6 is 12.4 Å². The fourth-order valence-corrected chi connectivity index (χ4v) is 1.98. The normalized spacial score (nSPS) is 11.8. The standard InChI is InChI=1S/C14H23NO.ClH/c1-5-13(15)9-12-7-10(3)14(16-6-2)11(4)8-12;/h7-8,13H,5-6,9,15H2,1-4H3;1H. The van der Waals surface area contributed by atoms with Crippen LogP contribution in [0.3, 0.4) is 0 Å². The Morgan fingerprint density at radius 2 is 1.71 bits per heavy atom. The molecular weight excluding hydrogens is 234 g/mol. The average Bonchev–Trinajstić information content (AvgIpc) is 2.23. The van der Waals surface area contributed by atoms with Gasteiger partial charge in [0.05, 0.1) is 6.61 Å². The van der Waals surface area contributed by atoms with Crippen LogP contribution in [-0.4, -0.2) is 12.6 Å². The number of halogens is 1. The van der Waals surface area contributed by atoms with Crippen molar-refractivity contribution in [3.8, 4) is 5.75 Å². The molecule has 1 aromatic carbocycles. The van der Waals surface area contributed by atoms with Crippen LogP contribution in [0, 0.1) is 13.8 Å². The summed E-state index contributed by atoms with van der Waals surface area (Å²) in [5, 5.41) is 0. The monoisotopic (exact) mass is 257 g/mol. The molecular formula is C14H24ClNO. The van der Waals surface area contributed by atoms with Gasteiger partial charge in [-0.15, -0.1) is 12.4 Å². The van der Waals surface area contributed by atoms with Crippen molar-refractivity contribution in [2.45, 2.75) is 46.6 Å². The molecule has 17 heavy (non-hydrogen) atoms. The molecule has 0 fully saturated rings. The minimum atomic E-state index is 0. The van der Waals surface area contributed by atoms with Crippen molar-refractivity contribution in [1.82, 2.24) is 0 Å². The number of benzene rings is 1. The van der Waals surface area contributed by atoms with Crippen LogP contribution in [0.5, 0.6) is 5.75 Å². The van der Waals surface area contributed by atoms with Gasteiger partial charge in [0.1, 0.15) is 5.75 Å². The van der Waals surface area contributed by atoms with E-state index in [-0.39, 0.29) is 18.4 Å². The van der Waals surface area contributed by atoms with Crippen molar-refractivity contribution in [2.24, 2.45) is 5.73 Å². The van der Waals surface area contributed by atoms with E-state index in [0.29, 0.717) is 0 Å². The van der Waals surface area contributed by atoms with E-state index in [4.69, 9.17) is 10.5 Å². The van der Waals surface area contributed by atoms with Crippen molar-refractivity contribution < 1.29 is 4.74 Å². The Hall–Kier alpha value is -0.730. The first-order valence-corrected chi connectivity index (χ1v) is 6.07. The molecule has 2 nitrogen and oxygen atoms in total. The lowest BCUT2D eigenvalue weighted by atomic mass is 9.99. The van der Waals surface area contributed by atoms with E-state index in [2.05, 4.69) is 32.9 Å². The van der Waals surface area contributed by atoms with Gasteiger partial charge < -0.3 is 10.5 Å². The van der Waals surface area contributed by atoms with Crippen LogP contribution in [0.4, 0.5) is 0 Å². The molecule has 98 valence electrons. The third-order valence-corrected chi connectivity index (χ3v) is 2.83. The number of rotatable bonds is 5. The fourth-order valence-electron chi connectivity index (χ4n) is 1.98. The highest BCUT2D eigenvalue weighted by Crippen LogP contribution is 2.25. The Morgan fingerprint density at radius 3 is 2.12 bits per heavy atom. The zero-order valence-corrected chi connectivity index (χ0v) is 12.1. The molecule has 0 saturated heterocycles. The minimum absolute atomic E-state index is 0. The maximum absolute atomic E-state index is 5.97. The van der Waals surface area contributed by atoms with Gasteiger partial charge in [-0.1, -0.05) is 19.1 Å². The van der Waals surface area contributed by atoms with E-state index < -0.39 is 0 Å². The number of aryl methyl sites for hydroxylation is 2. The summed E-state index contributed by atoms with van der Waals surface area (Å²) in [7, 11) is 0. The minimum Gasteiger partial charge on any atom is -0.493 e. The van der Waals surface area contributed by atoms with Crippen LogP contribution in [0.25, 0.3) is 0 Å². The highest BCUT2D eigenvalue weighted by molar-refractivity contribution is 5.85. The molecule has 0 aromatic heterocycles. The summed E-state index contributed by atoms with van der Waals surface area (Å²) >= 11 is 0. The summed E-state index contributed by atoms with van der Waals surface area (Å²) in [4.78, 5) is 0. The molecule has 3 heteroatoms. The molecule has 0 spiro atoms. The maximum atomic E-state index is 5.97. The summed E-state index contributed by atoms with van der Waals surface area (Å²) in [6, 6.07) is 4.64. The van der Waals surface area contributed by atoms with E-state index in [0.717, 1.165) is 25.2 Å². The summed E-state index contributed by atoms with van der Waals surface area (Å²) in [5.74, 6) is 1.02. The third kappa shape index (κ3) is 4.57. The van der Waals surface area contributed by atoms with Gasteiger partial charge in [-0.05, 0) is 50.3 Å². The van der Waals surface area contributed by atoms with E-state index >= 15 is 0 Å². The Kier molecular flexibility index (Phi) is 7.24. The lowest BCUT2D eigenvalue weighted by Gasteiger charge is -2.14. The first-order valence-electron chi connectivity index (χ1n) is 6.07. The second kappa shape index (κ2) is 7.57. The molecule has 0 aliphatic carbocycles. The number of hydrogen-bond acceptors (Lipinski definition) is 2. The zero-order chi connectivity index (χ0) is 12.1. The van der Waals surface area contributed by atoms with E-state index in [9.17, 15) is 0 Å². The van der Waals surface area contributed by atoms with Crippen LogP contribution < -0.4 is 10.5 Å². The highest BCUT2D eigenvalue weighted by Gasteiger charge is 2.08. The molecule has 0 heterocycles. The maximum Gasteiger partial charge on any atom is 0.125 e. The number of hydrogen-bond donors (Lipinski definition) is 1. The molecule has 1 unspecified atom stereocenters. The first kappa shape index (κ1) is 16.3. The van der Waals surface area contributed by atoms with Gasteiger partial charge in [-0.3, -0.25) is 0 Å². The molecule has 1 atom stereocenters. The molecule has 1 aromatic rings. The van der Waals surface area contributed by atoms with E-state index in [1.54, 1.807) is 0 Å². The third-order valence-electron chi connectivity index (χ3n) is 2.83. The molecule has 0 aliphatic rings. The average molecular weight is 258 g/mol. The Bertz CT molecular complexity index is 329.